The molecule has 1 aliphatic rings. The lowest BCUT2D eigenvalue weighted by Gasteiger charge is -2.26. The number of halogens is 1. The van der Waals surface area contributed by atoms with Crippen LogP contribution in [0.4, 0.5) is 5.69 Å². The van der Waals surface area contributed by atoms with Crippen LogP contribution in [0.3, 0.4) is 0 Å². The Morgan fingerprint density at radius 3 is 2.78 bits per heavy atom. The van der Waals surface area contributed by atoms with Gasteiger partial charge in [-0.3, -0.25) is 4.79 Å². The first-order valence-electron chi connectivity index (χ1n) is 6.47. The smallest absolute Gasteiger partial charge is 0.228 e. The van der Waals surface area contributed by atoms with E-state index in [0.29, 0.717) is 0 Å². The van der Waals surface area contributed by atoms with Gasteiger partial charge in [0.05, 0.1) is 0 Å². The number of amides is 1. The Kier molecular flexibility index (Phi) is 3.81. The molecule has 0 radical (unpaired) electrons. The summed E-state index contributed by atoms with van der Waals surface area (Å²) in [7, 11) is 0. The zero-order valence-electron chi connectivity index (χ0n) is 11.2. The van der Waals surface area contributed by atoms with Gasteiger partial charge in [-0.05, 0) is 42.9 Å². The van der Waals surface area contributed by atoms with Gasteiger partial charge in [0.25, 0.3) is 0 Å². The lowest BCUT2D eigenvalue weighted by Crippen LogP contribution is -2.31. The second kappa shape index (κ2) is 5.04. The van der Waals surface area contributed by atoms with E-state index in [4.69, 9.17) is 0 Å². The molecule has 2 rings (SSSR count). The van der Waals surface area contributed by atoms with Crippen molar-refractivity contribution in [1.82, 2.24) is 0 Å². The van der Waals surface area contributed by atoms with Crippen molar-refractivity contribution < 1.29 is 4.79 Å². The number of benzene rings is 1. The summed E-state index contributed by atoms with van der Waals surface area (Å²) >= 11 is 3.44. The average Bonchev–Trinajstić information content (AvgIpc) is 2.63. The Morgan fingerprint density at radius 2 is 2.17 bits per heavy atom. The summed E-state index contributed by atoms with van der Waals surface area (Å²) in [6.45, 7) is 6.40. The maximum Gasteiger partial charge on any atom is 0.228 e. The van der Waals surface area contributed by atoms with Crippen LogP contribution in [0.2, 0.25) is 0 Å². The fourth-order valence-electron chi connectivity index (χ4n) is 2.76. The fraction of sp³-hybridized carbons (Fsp3) is 0.533. The minimum absolute atomic E-state index is 0.129. The van der Waals surface area contributed by atoms with Crippen molar-refractivity contribution in [2.75, 3.05) is 5.32 Å². The van der Waals surface area contributed by atoms with Gasteiger partial charge in [-0.15, -0.1) is 0 Å². The lowest BCUT2D eigenvalue weighted by atomic mass is 9.81. The van der Waals surface area contributed by atoms with E-state index in [1.54, 1.807) is 0 Å². The number of carbonyl (C=O) groups is 1. The fourth-order valence-corrected chi connectivity index (χ4v) is 3.12. The van der Waals surface area contributed by atoms with Crippen LogP contribution in [0, 0.1) is 18.3 Å². The molecule has 98 valence electrons. The average molecular weight is 310 g/mol. The molecular weight excluding hydrogens is 290 g/mol. The van der Waals surface area contributed by atoms with Crippen molar-refractivity contribution in [2.45, 2.75) is 40.0 Å². The van der Waals surface area contributed by atoms with Crippen LogP contribution in [0.1, 0.15) is 38.7 Å². The van der Waals surface area contributed by atoms with Gasteiger partial charge in [-0.25, -0.2) is 0 Å². The van der Waals surface area contributed by atoms with Gasteiger partial charge in [-0.1, -0.05) is 42.3 Å². The lowest BCUT2D eigenvalue weighted by molar-refractivity contribution is -0.122. The first-order valence-corrected chi connectivity index (χ1v) is 7.26. The van der Waals surface area contributed by atoms with E-state index in [2.05, 4.69) is 35.1 Å². The standard InChI is InChI=1S/C15H20BrNO/c1-10-6-7-11(16)9-13(10)17-14(18)12-5-4-8-15(12,2)3/h6-7,9,12H,4-5,8H2,1-3H3,(H,17,18). The summed E-state index contributed by atoms with van der Waals surface area (Å²) < 4.78 is 0.995. The molecule has 1 aromatic rings. The van der Waals surface area contributed by atoms with Gasteiger partial charge in [0.15, 0.2) is 0 Å². The molecule has 0 heterocycles. The van der Waals surface area contributed by atoms with Crippen LogP contribution >= 0.6 is 15.9 Å². The number of hydrogen-bond donors (Lipinski definition) is 1. The van der Waals surface area contributed by atoms with E-state index in [0.717, 1.165) is 35.0 Å². The maximum atomic E-state index is 12.4. The number of anilines is 1. The topological polar surface area (TPSA) is 29.1 Å². The normalized spacial score (nSPS) is 21.9. The minimum atomic E-state index is 0.129. The molecule has 0 aromatic heterocycles. The third-order valence-corrected chi connectivity index (χ3v) is 4.52. The van der Waals surface area contributed by atoms with E-state index >= 15 is 0 Å². The van der Waals surface area contributed by atoms with Gasteiger partial charge in [0, 0.05) is 16.1 Å². The molecule has 0 saturated heterocycles. The summed E-state index contributed by atoms with van der Waals surface area (Å²) in [6.07, 6.45) is 3.30. The Morgan fingerprint density at radius 1 is 1.44 bits per heavy atom. The van der Waals surface area contributed by atoms with Gasteiger partial charge in [0.1, 0.15) is 0 Å². The zero-order valence-corrected chi connectivity index (χ0v) is 12.8. The van der Waals surface area contributed by atoms with Crippen molar-refractivity contribution in [3.63, 3.8) is 0 Å². The SMILES string of the molecule is Cc1ccc(Br)cc1NC(=O)C1CCCC1(C)C. The van der Waals surface area contributed by atoms with Crippen molar-refractivity contribution in [2.24, 2.45) is 11.3 Å². The van der Waals surface area contributed by atoms with Gasteiger partial charge in [-0.2, -0.15) is 0 Å². The summed E-state index contributed by atoms with van der Waals surface area (Å²) in [5, 5.41) is 3.08. The molecule has 18 heavy (non-hydrogen) atoms. The summed E-state index contributed by atoms with van der Waals surface area (Å²) in [5.41, 5.74) is 2.14. The van der Waals surface area contributed by atoms with Crippen LogP contribution in [0.15, 0.2) is 22.7 Å². The van der Waals surface area contributed by atoms with Crippen LogP contribution < -0.4 is 5.32 Å². The molecule has 1 aromatic carbocycles. The Bertz CT molecular complexity index is 468. The Labute approximate surface area is 117 Å². The first-order chi connectivity index (χ1) is 8.40. The van der Waals surface area contributed by atoms with E-state index in [1.807, 2.05) is 25.1 Å². The third-order valence-electron chi connectivity index (χ3n) is 4.03. The molecule has 1 saturated carbocycles. The summed E-state index contributed by atoms with van der Waals surface area (Å²) in [5.74, 6) is 0.301. The highest BCUT2D eigenvalue weighted by Gasteiger charge is 2.39. The highest BCUT2D eigenvalue weighted by Crippen LogP contribution is 2.43. The Hall–Kier alpha value is -0.830. The summed E-state index contributed by atoms with van der Waals surface area (Å²) in [4.78, 5) is 12.4. The molecule has 1 N–H and O–H groups in total. The van der Waals surface area contributed by atoms with Crippen LogP contribution in [0.5, 0.6) is 0 Å². The predicted molar refractivity (Wildman–Crippen MR) is 78.6 cm³/mol. The molecule has 1 atom stereocenters. The maximum absolute atomic E-state index is 12.4. The highest BCUT2D eigenvalue weighted by atomic mass is 79.9. The Balaban J connectivity index is 2.14. The molecule has 0 aliphatic heterocycles. The number of aryl methyl sites for hydroxylation is 1. The van der Waals surface area contributed by atoms with Crippen molar-refractivity contribution in [1.29, 1.82) is 0 Å². The molecule has 1 aliphatic carbocycles. The highest BCUT2D eigenvalue weighted by molar-refractivity contribution is 9.10. The molecule has 1 amide bonds. The van der Waals surface area contributed by atoms with E-state index in [9.17, 15) is 4.79 Å². The molecule has 0 spiro atoms. The van der Waals surface area contributed by atoms with E-state index < -0.39 is 0 Å². The zero-order chi connectivity index (χ0) is 13.3. The van der Waals surface area contributed by atoms with E-state index in [1.165, 1.54) is 0 Å². The van der Waals surface area contributed by atoms with Crippen molar-refractivity contribution in [3.05, 3.63) is 28.2 Å². The van der Waals surface area contributed by atoms with Crippen LogP contribution in [-0.2, 0) is 4.79 Å². The quantitative estimate of drug-likeness (QED) is 0.855. The second-order valence-corrected chi connectivity index (χ2v) is 6.80. The second-order valence-electron chi connectivity index (χ2n) is 5.88. The summed E-state index contributed by atoms with van der Waals surface area (Å²) in [6, 6.07) is 5.97. The molecular formula is C15H20BrNO. The number of rotatable bonds is 2. The van der Waals surface area contributed by atoms with E-state index in [-0.39, 0.29) is 17.2 Å². The number of hydrogen-bond acceptors (Lipinski definition) is 1. The molecule has 1 fully saturated rings. The molecule has 0 bridgehead atoms. The monoisotopic (exact) mass is 309 g/mol. The predicted octanol–water partition coefficient (Wildman–Crippen LogP) is 4.52. The molecule has 2 nitrogen and oxygen atoms in total. The van der Waals surface area contributed by atoms with Crippen LogP contribution in [-0.4, -0.2) is 5.91 Å². The third kappa shape index (κ3) is 2.77. The molecule has 1 unspecified atom stereocenters. The van der Waals surface area contributed by atoms with Gasteiger partial charge >= 0.3 is 0 Å². The van der Waals surface area contributed by atoms with Gasteiger partial charge < -0.3 is 5.32 Å². The largest absolute Gasteiger partial charge is 0.326 e. The van der Waals surface area contributed by atoms with Crippen molar-refractivity contribution >= 4 is 27.5 Å². The van der Waals surface area contributed by atoms with Gasteiger partial charge in [0.2, 0.25) is 5.91 Å². The number of nitrogens with one attached hydrogen (secondary N) is 1. The first kappa shape index (κ1) is 13.6. The van der Waals surface area contributed by atoms with Crippen LogP contribution in [0.25, 0.3) is 0 Å². The molecule has 3 heteroatoms. The van der Waals surface area contributed by atoms with Crippen molar-refractivity contribution in [3.8, 4) is 0 Å². The number of carbonyl (C=O) groups excluding carboxylic acids is 1. The minimum Gasteiger partial charge on any atom is -0.326 e.